The first-order valence-electron chi connectivity index (χ1n) is 14.4. The van der Waals surface area contributed by atoms with Crippen molar-refractivity contribution in [2.24, 2.45) is 0 Å². The molecular weight excluding hydrogens is 910 g/mol. The first-order valence-corrected chi connectivity index (χ1v) is 24.8. The van der Waals surface area contributed by atoms with Crippen LogP contribution in [0.4, 0.5) is 25.9 Å². The second-order valence-corrected chi connectivity index (χ2v) is 23.8. The van der Waals surface area contributed by atoms with E-state index in [4.69, 9.17) is 0 Å². The van der Waals surface area contributed by atoms with Crippen LogP contribution in [0.1, 0.15) is 20.7 Å². The molecule has 0 bridgehead atoms. The van der Waals surface area contributed by atoms with Gasteiger partial charge in [0.2, 0.25) is 0 Å². The van der Waals surface area contributed by atoms with Gasteiger partial charge in [0.1, 0.15) is 0 Å². The van der Waals surface area contributed by atoms with Gasteiger partial charge in [-0.15, -0.1) is 0 Å². The third-order valence-corrected chi connectivity index (χ3v) is 20.5. The maximum Gasteiger partial charge on any atom is -1.00 e. The van der Waals surface area contributed by atoms with E-state index in [2.05, 4.69) is 78.5 Å². The van der Waals surface area contributed by atoms with Crippen molar-refractivity contribution >= 4 is 75.4 Å². The Balaban J connectivity index is 0.000000773. The Morgan fingerprint density at radius 2 is 0.796 bits per heavy atom. The van der Waals surface area contributed by atoms with Gasteiger partial charge in [0.05, 0.1) is 0 Å². The van der Waals surface area contributed by atoms with Crippen LogP contribution in [0, 0.1) is 0 Å². The molecule has 5 rings (SSSR count). The summed E-state index contributed by atoms with van der Waals surface area (Å²) in [5.41, 5.74) is 4.01. The number of Topliss-reactive ketones (excluding diaryl/α,β-unsaturated/α-hetero) is 2. The van der Waals surface area contributed by atoms with Crippen molar-refractivity contribution in [1.82, 2.24) is 0 Å². The third-order valence-electron chi connectivity index (χ3n) is 6.75. The number of carbonyl (C=O) groups excluding carboxylic acids is 2. The largest absolute Gasteiger partial charge is 1.00 e. The number of rotatable bonds is 9. The van der Waals surface area contributed by atoms with Gasteiger partial charge in [-0.3, -0.25) is 25.9 Å². The number of hydrogen-bond acceptors (Lipinski definition) is 2. The molecule has 14 heteroatoms. The van der Waals surface area contributed by atoms with Crippen LogP contribution in [0.5, 0.6) is 0 Å². The van der Waals surface area contributed by atoms with Crippen LogP contribution in [0.25, 0.3) is 0 Å². The molecule has 0 spiro atoms. The standard InChI is InChI=1S/C21H21AsO.C8H7O.C6H5.2BF3.Bi.2FH.H/c1-22(19-13-7-3-8-14-19,20-15-9-4-10-16-20)17-21(23)18-11-5-2-6-12-18;1-7(9)8-5-3-2-4-6-8;1-2-4-6-5-3-1;2*2-1(3)4;;;;/h2-16,22H,17H2,1H3;2-6H,1H2;1-5H;;;;2*1H;/p-2. The third kappa shape index (κ3) is 18.1. The molecule has 2 nitrogen and oxygen atoms in total. The van der Waals surface area contributed by atoms with E-state index in [-0.39, 0.29) is 15.2 Å². The predicted molar refractivity (Wildman–Crippen MR) is 188 cm³/mol. The number of ketones is 2. The van der Waals surface area contributed by atoms with Gasteiger partial charge in [-0.1, -0.05) is 0 Å². The zero-order valence-electron chi connectivity index (χ0n) is 26.3. The van der Waals surface area contributed by atoms with Gasteiger partial charge in [-0.2, -0.15) is 0 Å². The Bertz CT molecular complexity index is 1530. The van der Waals surface area contributed by atoms with Crippen molar-refractivity contribution in [3.8, 4) is 0 Å². The molecular formula is C35H34AsB2BiF8O2-2. The molecule has 0 N–H and O–H groups in total. The summed E-state index contributed by atoms with van der Waals surface area (Å²) in [6, 6.07) is 50.8. The van der Waals surface area contributed by atoms with E-state index in [1.807, 2.05) is 78.9 Å². The first-order chi connectivity index (χ1) is 22.5. The van der Waals surface area contributed by atoms with Crippen molar-refractivity contribution in [1.29, 1.82) is 0 Å². The predicted octanol–water partition coefficient (Wildman–Crippen LogP) is 1.31. The maximum absolute atomic E-state index is 12.9. The maximum atomic E-state index is 12.9. The Morgan fingerprint density at radius 1 is 0.510 bits per heavy atom. The minimum atomic E-state index is -3.67. The Labute approximate surface area is 296 Å². The summed E-state index contributed by atoms with van der Waals surface area (Å²) in [6.07, 6.45) is 0. The van der Waals surface area contributed by atoms with E-state index < -0.39 is 51.9 Å². The van der Waals surface area contributed by atoms with Gasteiger partial charge in [-0.05, 0) is 0 Å². The molecule has 0 aliphatic rings. The average molecular weight is 944 g/mol. The van der Waals surface area contributed by atoms with Crippen LogP contribution in [0.15, 0.2) is 152 Å². The van der Waals surface area contributed by atoms with Gasteiger partial charge in [0.25, 0.3) is 0 Å². The molecule has 260 valence electrons. The minimum absolute atomic E-state index is 0. The van der Waals surface area contributed by atoms with Crippen molar-refractivity contribution in [2.45, 2.75) is 15.0 Å². The van der Waals surface area contributed by atoms with Gasteiger partial charge in [-0.25, -0.2) is 0 Å². The van der Waals surface area contributed by atoms with Gasteiger partial charge < -0.3 is 9.41 Å². The fourth-order valence-electron chi connectivity index (χ4n) is 4.49. The smallest absolute Gasteiger partial charge is 1.00 e. The van der Waals surface area contributed by atoms with E-state index in [0.29, 0.717) is 11.0 Å². The van der Waals surface area contributed by atoms with E-state index >= 15 is 0 Å². The summed E-state index contributed by atoms with van der Waals surface area (Å²) in [5.74, 6) is 0.550. The van der Waals surface area contributed by atoms with Gasteiger partial charge in [0.15, 0.2) is 0 Å². The molecule has 0 radical (unpaired) electrons. The number of carbonyl (C=O) groups is 2. The number of hydrogen-bond donors (Lipinski definition) is 0. The molecule has 0 aliphatic carbocycles. The monoisotopic (exact) mass is 944 g/mol. The summed E-state index contributed by atoms with van der Waals surface area (Å²) in [7, 11) is -7.33. The Hall–Kier alpha value is -3.55. The van der Waals surface area contributed by atoms with Crippen molar-refractivity contribution in [3.05, 3.63) is 163 Å². The zero-order valence-corrected chi connectivity index (χ0v) is 32.3. The van der Waals surface area contributed by atoms with Crippen molar-refractivity contribution < 1.29 is 44.9 Å². The van der Waals surface area contributed by atoms with Crippen LogP contribution in [0.3, 0.4) is 0 Å². The Morgan fingerprint density at radius 3 is 1.14 bits per heavy atom. The second kappa shape index (κ2) is 25.4. The van der Waals surface area contributed by atoms with Crippen LogP contribution in [0.2, 0.25) is 15.0 Å². The van der Waals surface area contributed by atoms with E-state index in [1.54, 1.807) is 0 Å². The molecule has 0 saturated carbocycles. The van der Waals surface area contributed by atoms with Crippen LogP contribution < -0.4 is 21.4 Å². The topological polar surface area (TPSA) is 34.1 Å². The van der Waals surface area contributed by atoms with Crippen molar-refractivity contribution in [3.63, 3.8) is 0 Å². The molecule has 0 amide bonds. The van der Waals surface area contributed by atoms with Crippen LogP contribution >= 0.6 is 0 Å². The molecule has 0 atom stereocenters. The molecule has 5 aromatic rings. The summed E-state index contributed by atoms with van der Waals surface area (Å²) >= 11 is -3.67. The van der Waals surface area contributed by atoms with E-state index in [1.165, 1.54) is 12.0 Å². The second-order valence-electron chi connectivity index (χ2n) is 10.0. The van der Waals surface area contributed by atoms with Crippen LogP contribution in [-0.2, 0) is 0 Å². The Kier molecular flexibility index (Phi) is 23.6. The molecule has 0 aromatic heterocycles. The number of benzene rings is 5. The fraction of sp³-hybridized carbons (Fsp3) is 0.0857. The molecule has 0 unspecified atom stereocenters. The molecule has 5 aromatic carbocycles. The molecule has 0 aliphatic heterocycles. The SMILES string of the molecule is C[AsH](CC(=O)c1ccccc1)(c1ccccc1)c1ccccc1.FB(F)F.FB(F)F.O=C([CH2][BiH][c]1ccccc1)c1ccccc1.[F-].[F-]. The average Bonchev–Trinajstić information content (AvgIpc) is 3.09. The van der Waals surface area contributed by atoms with Gasteiger partial charge >= 0.3 is 263 Å². The summed E-state index contributed by atoms with van der Waals surface area (Å²) < 4.78 is 62.9. The molecule has 0 heterocycles. The molecule has 49 heavy (non-hydrogen) atoms. The summed E-state index contributed by atoms with van der Waals surface area (Å²) in [5, 5.41) is 0.637. The fourth-order valence-corrected chi connectivity index (χ4v) is 15.6. The summed E-state index contributed by atoms with van der Waals surface area (Å²) in [6.45, 7) is 0. The quantitative estimate of drug-likeness (QED) is 0.127. The number of halogens is 8. The molecule has 0 fully saturated rings. The first kappa shape index (κ1) is 45.5. The van der Waals surface area contributed by atoms with Gasteiger partial charge in [0, 0.05) is 0 Å². The normalized spacial score (nSPS) is 9.94. The van der Waals surface area contributed by atoms with E-state index in [9.17, 15) is 35.5 Å². The van der Waals surface area contributed by atoms with Crippen LogP contribution in [-0.4, -0.2) is 63.4 Å². The summed E-state index contributed by atoms with van der Waals surface area (Å²) in [4.78, 5) is 24.7. The zero-order chi connectivity index (χ0) is 34.5. The molecule has 0 saturated heterocycles. The minimum Gasteiger partial charge on any atom is -1.00 e. The van der Waals surface area contributed by atoms with E-state index in [0.717, 1.165) is 15.3 Å². The van der Waals surface area contributed by atoms with Crippen molar-refractivity contribution in [2.75, 3.05) is 0 Å².